The highest BCUT2D eigenvalue weighted by atomic mass is 32.2. The maximum absolute atomic E-state index is 12.2. The molecule has 2 rings (SSSR count). The third-order valence-corrected chi connectivity index (χ3v) is 5.79. The van der Waals surface area contributed by atoms with Gasteiger partial charge in [0.05, 0.1) is 26.2 Å². The molecule has 0 aromatic heterocycles. The molecule has 0 radical (unpaired) electrons. The lowest BCUT2D eigenvalue weighted by Gasteiger charge is -2.14. The molecule has 0 spiro atoms. The highest BCUT2D eigenvalue weighted by Gasteiger charge is 2.14. The molecule has 0 aliphatic rings. The molecule has 0 unspecified atom stereocenters. The predicted molar refractivity (Wildman–Crippen MR) is 109 cm³/mol. The van der Waals surface area contributed by atoms with Crippen LogP contribution in [0, 0.1) is 0 Å². The Morgan fingerprint density at radius 2 is 1.52 bits per heavy atom. The van der Waals surface area contributed by atoms with Gasteiger partial charge in [0, 0.05) is 13.0 Å². The number of ether oxygens (including phenoxy) is 3. The van der Waals surface area contributed by atoms with E-state index in [2.05, 4.69) is 10.0 Å². The summed E-state index contributed by atoms with van der Waals surface area (Å²) in [5.41, 5.74) is 1.69. The summed E-state index contributed by atoms with van der Waals surface area (Å²) in [5.74, 6) is 1.47. The topological polar surface area (TPSA) is 103 Å². The van der Waals surface area contributed by atoms with Crippen LogP contribution in [0.15, 0.2) is 41.3 Å². The zero-order valence-electron chi connectivity index (χ0n) is 16.9. The van der Waals surface area contributed by atoms with Gasteiger partial charge in [0.25, 0.3) is 0 Å². The molecule has 1 amide bonds. The van der Waals surface area contributed by atoms with Crippen molar-refractivity contribution >= 4 is 15.9 Å². The van der Waals surface area contributed by atoms with Crippen molar-refractivity contribution in [3.63, 3.8) is 0 Å². The normalized spacial score (nSPS) is 11.0. The van der Waals surface area contributed by atoms with Crippen molar-refractivity contribution < 1.29 is 27.4 Å². The minimum atomic E-state index is -3.47. The number of methoxy groups -OCH3 is 3. The molecule has 2 aromatic carbocycles. The highest BCUT2D eigenvalue weighted by Crippen LogP contribution is 2.38. The molecular weight excluding hydrogens is 396 g/mol. The molecule has 8 nitrogen and oxygen atoms in total. The summed E-state index contributed by atoms with van der Waals surface area (Å²) in [4.78, 5) is 12.4. The quantitative estimate of drug-likeness (QED) is 0.606. The monoisotopic (exact) mass is 422 g/mol. The molecule has 29 heavy (non-hydrogen) atoms. The molecule has 0 aliphatic carbocycles. The summed E-state index contributed by atoms with van der Waals surface area (Å²) < 4.78 is 41.6. The SMILES string of the molecule is CNS(=O)(=O)c1ccc(CNC(=O)CCc2cc(OC)c(OC)c(OC)c2)cc1. The van der Waals surface area contributed by atoms with E-state index in [0.717, 1.165) is 11.1 Å². The third kappa shape index (κ3) is 5.85. The molecular formula is C20H26N2O6S. The summed E-state index contributed by atoms with van der Waals surface area (Å²) in [5, 5.41) is 2.83. The first kappa shape index (κ1) is 22.5. The number of hydrogen-bond acceptors (Lipinski definition) is 6. The van der Waals surface area contributed by atoms with E-state index in [1.165, 1.54) is 26.3 Å². The van der Waals surface area contributed by atoms with E-state index in [-0.39, 0.29) is 17.2 Å². The van der Waals surface area contributed by atoms with E-state index >= 15 is 0 Å². The van der Waals surface area contributed by atoms with Crippen LogP contribution in [0.2, 0.25) is 0 Å². The van der Waals surface area contributed by atoms with Crippen LogP contribution in [0.3, 0.4) is 0 Å². The summed E-state index contributed by atoms with van der Waals surface area (Å²) in [6, 6.07) is 9.98. The number of benzene rings is 2. The Morgan fingerprint density at radius 1 is 0.931 bits per heavy atom. The van der Waals surface area contributed by atoms with Gasteiger partial charge < -0.3 is 19.5 Å². The molecule has 9 heteroatoms. The van der Waals surface area contributed by atoms with Gasteiger partial charge in [-0.05, 0) is 48.9 Å². The van der Waals surface area contributed by atoms with Crippen LogP contribution in [0.4, 0.5) is 0 Å². The Bertz CT molecular complexity index is 917. The second kappa shape index (κ2) is 10.1. The third-order valence-electron chi connectivity index (χ3n) is 4.36. The minimum Gasteiger partial charge on any atom is -0.493 e. The molecule has 0 aliphatic heterocycles. The minimum absolute atomic E-state index is 0.120. The molecule has 0 bridgehead atoms. The van der Waals surface area contributed by atoms with Gasteiger partial charge in [-0.25, -0.2) is 13.1 Å². The molecule has 0 saturated heterocycles. The predicted octanol–water partition coefficient (Wildman–Crippen LogP) is 1.87. The molecule has 2 aromatic rings. The summed E-state index contributed by atoms with van der Waals surface area (Å²) in [6.07, 6.45) is 0.784. The van der Waals surface area contributed by atoms with Crippen molar-refractivity contribution in [3.05, 3.63) is 47.5 Å². The largest absolute Gasteiger partial charge is 0.493 e. The van der Waals surface area contributed by atoms with Gasteiger partial charge in [-0.15, -0.1) is 0 Å². The first-order chi connectivity index (χ1) is 13.8. The van der Waals surface area contributed by atoms with Crippen LogP contribution in [-0.2, 0) is 27.8 Å². The van der Waals surface area contributed by atoms with Crippen LogP contribution in [0.5, 0.6) is 17.2 Å². The fourth-order valence-corrected chi connectivity index (χ4v) is 3.46. The lowest BCUT2D eigenvalue weighted by molar-refractivity contribution is -0.121. The Kier molecular flexibility index (Phi) is 7.86. The number of carbonyl (C=O) groups is 1. The number of carbonyl (C=O) groups excluding carboxylic acids is 1. The smallest absolute Gasteiger partial charge is 0.240 e. The van der Waals surface area contributed by atoms with E-state index in [9.17, 15) is 13.2 Å². The maximum atomic E-state index is 12.2. The first-order valence-electron chi connectivity index (χ1n) is 8.92. The van der Waals surface area contributed by atoms with Crippen LogP contribution >= 0.6 is 0 Å². The number of sulfonamides is 1. The van der Waals surface area contributed by atoms with Gasteiger partial charge in [0.15, 0.2) is 11.5 Å². The van der Waals surface area contributed by atoms with Crippen molar-refractivity contribution in [2.75, 3.05) is 28.4 Å². The second-order valence-corrected chi connectivity index (χ2v) is 8.05. The summed E-state index contributed by atoms with van der Waals surface area (Å²) >= 11 is 0. The molecule has 0 saturated carbocycles. The van der Waals surface area contributed by atoms with Gasteiger partial charge >= 0.3 is 0 Å². The highest BCUT2D eigenvalue weighted by molar-refractivity contribution is 7.89. The van der Waals surface area contributed by atoms with Crippen LogP contribution in [0.1, 0.15) is 17.5 Å². The van der Waals surface area contributed by atoms with Crippen molar-refractivity contribution in [1.82, 2.24) is 10.0 Å². The standard InChI is InChI=1S/C20H26N2O6S/c1-21-29(24,25)16-8-5-14(6-9-16)13-22-19(23)10-7-15-11-17(26-2)20(28-4)18(12-15)27-3/h5-6,8-9,11-12,21H,7,10,13H2,1-4H3,(H,22,23). The van der Waals surface area contributed by atoms with Gasteiger partial charge in [-0.2, -0.15) is 0 Å². The summed E-state index contributed by atoms with van der Waals surface area (Å²) in [7, 11) is 2.51. The Labute approximate surface area is 171 Å². The molecule has 2 N–H and O–H groups in total. The van der Waals surface area contributed by atoms with Crippen LogP contribution in [-0.4, -0.2) is 42.7 Å². The van der Waals surface area contributed by atoms with Crippen molar-refractivity contribution in [3.8, 4) is 17.2 Å². The van der Waals surface area contributed by atoms with E-state index in [1.807, 2.05) is 12.1 Å². The van der Waals surface area contributed by atoms with Crippen LogP contribution < -0.4 is 24.2 Å². The Hall–Kier alpha value is -2.78. The van der Waals surface area contributed by atoms with Crippen molar-refractivity contribution in [2.45, 2.75) is 24.3 Å². The van der Waals surface area contributed by atoms with Crippen molar-refractivity contribution in [2.24, 2.45) is 0 Å². The number of aryl methyl sites for hydroxylation is 1. The molecule has 0 atom stereocenters. The fourth-order valence-electron chi connectivity index (χ4n) is 2.73. The van der Waals surface area contributed by atoms with Gasteiger partial charge in [0.2, 0.25) is 21.7 Å². The van der Waals surface area contributed by atoms with Crippen molar-refractivity contribution in [1.29, 1.82) is 0 Å². The Balaban J connectivity index is 1.93. The average molecular weight is 423 g/mol. The lowest BCUT2D eigenvalue weighted by Crippen LogP contribution is -2.23. The van der Waals surface area contributed by atoms with Gasteiger partial charge in [-0.3, -0.25) is 4.79 Å². The molecule has 0 heterocycles. The molecule has 158 valence electrons. The number of nitrogens with one attached hydrogen (secondary N) is 2. The average Bonchev–Trinajstić information content (AvgIpc) is 2.75. The van der Waals surface area contributed by atoms with E-state index < -0.39 is 10.0 Å². The Morgan fingerprint density at radius 3 is 2.00 bits per heavy atom. The second-order valence-electron chi connectivity index (χ2n) is 6.16. The van der Waals surface area contributed by atoms with E-state index in [0.29, 0.717) is 30.2 Å². The number of amides is 1. The first-order valence-corrected chi connectivity index (χ1v) is 10.4. The van der Waals surface area contributed by atoms with Crippen LogP contribution in [0.25, 0.3) is 0 Å². The lowest BCUT2D eigenvalue weighted by atomic mass is 10.1. The van der Waals surface area contributed by atoms with E-state index in [1.54, 1.807) is 26.4 Å². The summed E-state index contributed by atoms with van der Waals surface area (Å²) in [6.45, 7) is 0.313. The zero-order valence-corrected chi connectivity index (χ0v) is 17.8. The number of hydrogen-bond donors (Lipinski definition) is 2. The van der Waals surface area contributed by atoms with E-state index in [4.69, 9.17) is 14.2 Å². The van der Waals surface area contributed by atoms with Gasteiger partial charge in [0.1, 0.15) is 0 Å². The maximum Gasteiger partial charge on any atom is 0.240 e. The van der Waals surface area contributed by atoms with Gasteiger partial charge in [-0.1, -0.05) is 12.1 Å². The fraction of sp³-hybridized carbons (Fsp3) is 0.350. The molecule has 0 fully saturated rings. The number of rotatable bonds is 10. The zero-order chi connectivity index (χ0) is 21.4.